The van der Waals surface area contributed by atoms with Crippen LogP contribution in [0, 0.1) is 5.92 Å². The molecule has 0 amide bonds. The topological polar surface area (TPSA) is 3.24 Å². The van der Waals surface area contributed by atoms with Crippen LogP contribution in [0.3, 0.4) is 0 Å². The van der Waals surface area contributed by atoms with Crippen LogP contribution in [0.1, 0.15) is 39.5 Å². The summed E-state index contributed by atoms with van der Waals surface area (Å²) in [5, 5.41) is 0. The first-order valence-corrected chi connectivity index (χ1v) is 5.05. The molecule has 0 radical (unpaired) electrons. The fourth-order valence-electron chi connectivity index (χ4n) is 1.87. The third-order valence-corrected chi connectivity index (χ3v) is 2.57. The van der Waals surface area contributed by atoms with E-state index in [2.05, 4.69) is 18.7 Å². The average Bonchev–Trinajstić information content (AvgIpc) is 2.01. The first kappa shape index (κ1) is 12.2. The molecule has 74 valence electrons. The number of hydrogen-bond donors (Lipinski definition) is 0. The van der Waals surface area contributed by atoms with E-state index in [4.69, 9.17) is 0 Å². The zero-order valence-electron chi connectivity index (χ0n) is 8.38. The van der Waals surface area contributed by atoms with Gasteiger partial charge >= 0.3 is 0 Å². The number of nitrogens with zero attached hydrogens (tertiary/aromatic N) is 1. The fourth-order valence-corrected chi connectivity index (χ4v) is 1.87. The lowest BCUT2D eigenvalue weighted by Gasteiger charge is -2.30. The van der Waals surface area contributed by atoms with Crippen LogP contribution in [-0.4, -0.2) is 24.5 Å². The quantitative estimate of drug-likeness (QED) is 0.663. The van der Waals surface area contributed by atoms with E-state index in [9.17, 15) is 0 Å². The zero-order valence-corrected chi connectivity index (χ0v) is 9.20. The number of piperidine rings is 1. The molecule has 1 nitrogen and oxygen atoms in total. The highest BCUT2D eigenvalue weighted by atomic mass is 35.5. The first-order valence-electron chi connectivity index (χ1n) is 5.05. The van der Waals surface area contributed by atoms with Crippen LogP contribution in [-0.2, 0) is 0 Å². The van der Waals surface area contributed by atoms with Crippen LogP contribution in [0.2, 0.25) is 0 Å². The van der Waals surface area contributed by atoms with Crippen molar-refractivity contribution in [1.29, 1.82) is 0 Å². The second-order valence-electron chi connectivity index (χ2n) is 3.90. The van der Waals surface area contributed by atoms with Gasteiger partial charge in [-0.3, -0.25) is 0 Å². The van der Waals surface area contributed by atoms with E-state index < -0.39 is 0 Å². The SMILES string of the molecule is CCCCN1CCCC(C)C1.Cl. The number of halogens is 1. The van der Waals surface area contributed by atoms with Gasteiger partial charge in [-0.25, -0.2) is 0 Å². The molecule has 1 rings (SSSR count). The predicted molar refractivity (Wildman–Crippen MR) is 57.0 cm³/mol. The molecular formula is C10H22ClN. The molecule has 1 saturated heterocycles. The molecule has 12 heavy (non-hydrogen) atoms. The van der Waals surface area contributed by atoms with Crippen LogP contribution >= 0.6 is 12.4 Å². The summed E-state index contributed by atoms with van der Waals surface area (Å²) in [6, 6.07) is 0. The van der Waals surface area contributed by atoms with Crippen molar-refractivity contribution in [2.24, 2.45) is 5.92 Å². The highest BCUT2D eigenvalue weighted by Crippen LogP contribution is 2.15. The van der Waals surface area contributed by atoms with E-state index in [0.717, 1.165) is 5.92 Å². The Bertz CT molecular complexity index is 106. The molecule has 0 saturated carbocycles. The van der Waals surface area contributed by atoms with Gasteiger partial charge < -0.3 is 4.90 Å². The van der Waals surface area contributed by atoms with Crippen LogP contribution in [0.15, 0.2) is 0 Å². The van der Waals surface area contributed by atoms with Crippen molar-refractivity contribution in [3.05, 3.63) is 0 Å². The Morgan fingerprint density at radius 3 is 2.75 bits per heavy atom. The van der Waals surface area contributed by atoms with Crippen molar-refractivity contribution in [2.75, 3.05) is 19.6 Å². The van der Waals surface area contributed by atoms with Gasteiger partial charge in [-0.1, -0.05) is 20.3 Å². The third-order valence-electron chi connectivity index (χ3n) is 2.57. The Hall–Kier alpha value is 0.250. The number of rotatable bonds is 3. The Labute approximate surface area is 82.9 Å². The highest BCUT2D eigenvalue weighted by Gasteiger charge is 2.14. The zero-order chi connectivity index (χ0) is 8.10. The van der Waals surface area contributed by atoms with Crippen LogP contribution in [0.4, 0.5) is 0 Å². The van der Waals surface area contributed by atoms with E-state index >= 15 is 0 Å². The lowest BCUT2D eigenvalue weighted by molar-refractivity contribution is 0.182. The van der Waals surface area contributed by atoms with Gasteiger partial charge in [0.25, 0.3) is 0 Å². The second-order valence-corrected chi connectivity index (χ2v) is 3.90. The smallest absolute Gasteiger partial charge is 0.000703 e. The van der Waals surface area contributed by atoms with E-state index in [1.54, 1.807) is 0 Å². The third kappa shape index (κ3) is 4.32. The van der Waals surface area contributed by atoms with E-state index in [1.165, 1.54) is 45.3 Å². The maximum atomic E-state index is 2.62. The summed E-state index contributed by atoms with van der Waals surface area (Å²) in [5.74, 6) is 0.945. The van der Waals surface area contributed by atoms with Crippen LogP contribution in [0.25, 0.3) is 0 Å². The van der Waals surface area contributed by atoms with E-state index in [-0.39, 0.29) is 12.4 Å². The monoisotopic (exact) mass is 191 g/mol. The Morgan fingerprint density at radius 2 is 2.17 bits per heavy atom. The summed E-state index contributed by atoms with van der Waals surface area (Å²) < 4.78 is 0. The molecule has 0 N–H and O–H groups in total. The van der Waals surface area contributed by atoms with Crippen molar-refractivity contribution < 1.29 is 0 Å². The number of hydrogen-bond acceptors (Lipinski definition) is 1. The second kappa shape index (κ2) is 6.73. The molecule has 1 heterocycles. The minimum Gasteiger partial charge on any atom is -0.303 e. The largest absolute Gasteiger partial charge is 0.303 e. The fraction of sp³-hybridized carbons (Fsp3) is 1.00. The van der Waals surface area contributed by atoms with E-state index in [0.29, 0.717) is 0 Å². The molecule has 0 aromatic rings. The van der Waals surface area contributed by atoms with Crippen molar-refractivity contribution in [2.45, 2.75) is 39.5 Å². The summed E-state index contributed by atoms with van der Waals surface area (Å²) in [6.45, 7) is 8.68. The van der Waals surface area contributed by atoms with Crippen molar-refractivity contribution >= 4 is 12.4 Å². The van der Waals surface area contributed by atoms with Gasteiger partial charge in [-0.15, -0.1) is 12.4 Å². The first-order chi connectivity index (χ1) is 5.33. The van der Waals surface area contributed by atoms with Crippen molar-refractivity contribution in [1.82, 2.24) is 4.90 Å². The summed E-state index contributed by atoms with van der Waals surface area (Å²) in [7, 11) is 0. The molecule has 1 aliphatic heterocycles. The molecule has 1 unspecified atom stereocenters. The maximum absolute atomic E-state index is 2.62. The van der Waals surface area contributed by atoms with Crippen LogP contribution < -0.4 is 0 Å². The molecule has 0 spiro atoms. The highest BCUT2D eigenvalue weighted by molar-refractivity contribution is 5.85. The minimum absolute atomic E-state index is 0. The number of unbranched alkanes of at least 4 members (excludes halogenated alkanes) is 1. The summed E-state index contributed by atoms with van der Waals surface area (Å²) in [5.41, 5.74) is 0. The molecule has 1 atom stereocenters. The van der Waals surface area contributed by atoms with Gasteiger partial charge in [0.05, 0.1) is 0 Å². The maximum Gasteiger partial charge on any atom is 0.000703 e. The molecule has 0 bridgehead atoms. The average molecular weight is 192 g/mol. The predicted octanol–water partition coefficient (Wildman–Crippen LogP) is 2.94. The van der Waals surface area contributed by atoms with Gasteiger partial charge in [-0.2, -0.15) is 0 Å². The van der Waals surface area contributed by atoms with Gasteiger partial charge in [0.2, 0.25) is 0 Å². The Morgan fingerprint density at radius 1 is 1.42 bits per heavy atom. The van der Waals surface area contributed by atoms with Gasteiger partial charge in [0.1, 0.15) is 0 Å². The number of likely N-dealkylation sites (tertiary alicyclic amines) is 1. The molecule has 0 aromatic heterocycles. The summed E-state index contributed by atoms with van der Waals surface area (Å²) >= 11 is 0. The molecular weight excluding hydrogens is 170 g/mol. The molecule has 0 aliphatic carbocycles. The standard InChI is InChI=1S/C10H21N.ClH/c1-3-4-7-11-8-5-6-10(2)9-11;/h10H,3-9H2,1-2H3;1H. The molecule has 0 aromatic carbocycles. The lowest BCUT2D eigenvalue weighted by Crippen LogP contribution is -2.34. The summed E-state index contributed by atoms with van der Waals surface area (Å²) in [6.07, 6.45) is 5.59. The minimum atomic E-state index is 0. The van der Waals surface area contributed by atoms with E-state index in [1.807, 2.05) is 0 Å². The van der Waals surface area contributed by atoms with Gasteiger partial charge in [-0.05, 0) is 38.3 Å². The van der Waals surface area contributed by atoms with Crippen LogP contribution in [0.5, 0.6) is 0 Å². The molecule has 2 heteroatoms. The molecule has 1 fully saturated rings. The van der Waals surface area contributed by atoms with Crippen molar-refractivity contribution in [3.8, 4) is 0 Å². The Kier molecular flexibility index (Phi) is 6.87. The van der Waals surface area contributed by atoms with Crippen molar-refractivity contribution in [3.63, 3.8) is 0 Å². The summed E-state index contributed by atoms with van der Waals surface area (Å²) in [4.78, 5) is 2.62. The molecule has 1 aliphatic rings. The van der Waals surface area contributed by atoms with Gasteiger partial charge in [0.15, 0.2) is 0 Å². The Balaban J connectivity index is 0.00000121. The lowest BCUT2D eigenvalue weighted by atomic mass is 10.0. The normalized spacial score (nSPS) is 25.0. The van der Waals surface area contributed by atoms with Gasteiger partial charge in [0, 0.05) is 6.54 Å².